The smallest absolute Gasteiger partial charge is 0.0146 e. The Morgan fingerprint density at radius 1 is 0.536 bits per heavy atom. The van der Waals surface area contributed by atoms with Gasteiger partial charge in [-0.05, 0) is 48.9 Å². The molecule has 3 rings (SSSR count). The number of aryl methyl sites for hydroxylation is 4. The molecule has 3 aromatic carbocycles. The molecule has 0 aliphatic carbocycles. The van der Waals surface area contributed by atoms with Crippen LogP contribution in [0, 0.1) is 13.8 Å². The van der Waals surface area contributed by atoms with E-state index in [9.17, 15) is 0 Å². The normalized spacial score (nSPS) is 10.5. The van der Waals surface area contributed by atoms with Crippen LogP contribution in [0.4, 0.5) is 0 Å². The zero-order chi connectivity index (χ0) is 19.9. The van der Waals surface area contributed by atoms with Crippen LogP contribution in [0.5, 0.6) is 0 Å². The van der Waals surface area contributed by atoms with Gasteiger partial charge >= 0.3 is 0 Å². The van der Waals surface area contributed by atoms with Crippen molar-refractivity contribution in [3.05, 3.63) is 106 Å². The first kappa shape index (κ1) is 23.7. The largest absolute Gasteiger partial charge is 0.0776 e. The van der Waals surface area contributed by atoms with Gasteiger partial charge in [0.1, 0.15) is 0 Å². The van der Waals surface area contributed by atoms with E-state index in [0.29, 0.717) is 0 Å². The van der Waals surface area contributed by atoms with Gasteiger partial charge in [0, 0.05) is 5.41 Å². The minimum atomic E-state index is 0. The summed E-state index contributed by atoms with van der Waals surface area (Å²) in [6.45, 7) is 13.2. The second-order valence-corrected chi connectivity index (χ2v) is 7.88. The van der Waals surface area contributed by atoms with Crippen molar-refractivity contribution in [3.63, 3.8) is 0 Å². The molecule has 0 unspecified atom stereocenters. The molecule has 3 aromatic rings. The topological polar surface area (TPSA) is 0 Å². The number of benzene rings is 3. The number of hydrogen-bond acceptors (Lipinski definition) is 0. The van der Waals surface area contributed by atoms with Crippen LogP contribution in [0.15, 0.2) is 72.8 Å². The third-order valence-corrected chi connectivity index (χ3v) is 5.39. The number of rotatable bonds is 4. The van der Waals surface area contributed by atoms with Crippen LogP contribution >= 0.6 is 0 Å². The van der Waals surface area contributed by atoms with E-state index in [1.807, 2.05) is 0 Å². The molecule has 0 nitrogen and oxygen atoms in total. The van der Waals surface area contributed by atoms with E-state index in [-0.39, 0.29) is 12.8 Å². The highest BCUT2D eigenvalue weighted by Crippen LogP contribution is 2.31. The van der Waals surface area contributed by atoms with Crippen molar-refractivity contribution in [2.75, 3.05) is 0 Å². The van der Waals surface area contributed by atoms with Crippen LogP contribution in [-0.2, 0) is 18.3 Å². The third kappa shape index (κ3) is 6.37. The van der Waals surface area contributed by atoms with Crippen molar-refractivity contribution in [2.45, 2.75) is 67.2 Å². The van der Waals surface area contributed by atoms with Gasteiger partial charge in [-0.2, -0.15) is 0 Å². The Bertz CT molecular complexity index is 733. The number of hydrogen-bond donors (Lipinski definition) is 0. The Labute approximate surface area is 173 Å². The van der Waals surface area contributed by atoms with Crippen molar-refractivity contribution < 1.29 is 0 Å². The lowest BCUT2D eigenvalue weighted by atomic mass is 9.78. The van der Waals surface area contributed by atoms with Crippen LogP contribution in [0.2, 0.25) is 0 Å². The molecule has 0 spiro atoms. The van der Waals surface area contributed by atoms with Crippen LogP contribution in [0.1, 0.15) is 68.5 Å². The molecule has 0 fully saturated rings. The molecular formula is C28H38. The van der Waals surface area contributed by atoms with Crippen molar-refractivity contribution >= 4 is 0 Å². The van der Waals surface area contributed by atoms with Crippen molar-refractivity contribution in [1.82, 2.24) is 0 Å². The first-order valence-corrected chi connectivity index (χ1v) is 10.1. The molecule has 28 heavy (non-hydrogen) atoms. The lowest BCUT2D eigenvalue weighted by Crippen LogP contribution is -2.18. The molecule has 150 valence electrons. The third-order valence-electron chi connectivity index (χ3n) is 5.39. The Kier molecular flexibility index (Phi) is 9.19. The Balaban J connectivity index is 0.000000307. The zero-order valence-corrected chi connectivity index (χ0v) is 17.8. The Morgan fingerprint density at radius 3 is 1.07 bits per heavy atom. The SMILES string of the molecule is C.CCc1ccc(CC)cc1.Cc1ccc(C(C)(C)c2ccc(C)cc2)cc1. The lowest BCUT2D eigenvalue weighted by molar-refractivity contribution is 0.640. The molecule has 0 heterocycles. The van der Waals surface area contributed by atoms with Gasteiger partial charge in [-0.1, -0.05) is 119 Å². The first-order chi connectivity index (χ1) is 12.9. The fraction of sp³-hybridized carbons (Fsp3) is 0.357. The van der Waals surface area contributed by atoms with Crippen molar-refractivity contribution in [1.29, 1.82) is 0 Å². The lowest BCUT2D eigenvalue weighted by Gasteiger charge is -2.26. The van der Waals surface area contributed by atoms with Gasteiger partial charge in [-0.25, -0.2) is 0 Å². The molecule has 0 amide bonds. The van der Waals surface area contributed by atoms with E-state index in [4.69, 9.17) is 0 Å². The van der Waals surface area contributed by atoms with Gasteiger partial charge in [-0.15, -0.1) is 0 Å². The summed E-state index contributed by atoms with van der Waals surface area (Å²) >= 11 is 0. The van der Waals surface area contributed by atoms with Crippen LogP contribution in [0.3, 0.4) is 0 Å². The summed E-state index contributed by atoms with van der Waals surface area (Å²) in [5, 5.41) is 0. The quantitative estimate of drug-likeness (QED) is 0.433. The second-order valence-electron chi connectivity index (χ2n) is 7.88. The predicted octanol–water partition coefficient (Wildman–Crippen LogP) is 8.08. The zero-order valence-electron chi connectivity index (χ0n) is 17.8. The van der Waals surface area contributed by atoms with Gasteiger partial charge in [0.2, 0.25) is 0 Å². The fourth-order valence-corrected chi connectivity index (χ4v) is 3.12. The molecule has 0 aliphatic rings. The average molecular weight is 375 g/mol. The van der Waals surface area contributed by atoms with Gasteiger partial charge in [-0.3, -0.25) is 0 Å². The summed E-state index contributed by atoms with van der Waals surface area (Å²) in [7, 11) is 0. The minimum Gasteiger partial charge on any atom is -0.0776 e. The maximum Gasteiger partial charge on any atom is 0.0146 e. The molecule has 0 N–H and O–H groups in total. The monoisotopic (exact) mass is 374 g/mol. The molecule has 0 aliphatic heterocycles. The van der Waals surface area contributed by atoms with E-state index >= 15 is 0 Å². The summed E-state index contributed by atoms with van der Waals surface area (Å²) in [4.78, 5) is 0. The summed E-state index contributed by atoms with van der Waals surface area (Å²) < 4.78 is 0. The van der Waals surface area contributed by atoms with Crippen molar-refractivity contribution in [3.8, 4) is 0 Å². The maximum absolute atomic E-state index is 2.28. The Hall–Kier alpha value is -2.34. The molecular weight excluding hydrogens is 336 g/mol. The molecule has 0 heteroatoms. The van der Waals surface area contributed by atoms with E-state index in [0.717, 1.165) is 12.8 Å². The first-order valence-electron chi connectivity index (χ1n) is 10.1. The Morgan fingerprint density at radius 2 is 0.821 bits per heavy atom. The van der Waals surface area contributed by atoms with Gasteiger partial charge in [0.15, 0.2) is 0 Å². The molecule has 0 atom stereocenters. The van der Waals surface area contributed by atoms with Crippen molar-refractivity contribution in [2.24, 2.45) is 0 Å². The highest BCUT2D eigenvalue weighted by Gasteiger charge is 2.22. The van der Waals surface area contributed by atoms with E-state index in [2.05, 4.69) is 114 Å². The summed E-state index contributed by atoms with van der Waals surface area (Å²) in [5.41, 5.74) is 8.29. The van der Waals surface area contributed by atoms with E-state index < -0.39 is 0 Å². The minimum absolute atomic E-state index is 0. The predicted molar refractivity (Wildman–Crippen MR) is 126 cm³/mol. The van der Waals surface area contributed by atoms with E-state index in [1.54, 1.807) is 0 Å². The van der Waals surface area contributed by atoms with Gasteiger partial charge in [0.25, 0.3) is 0 Å². The second kappa shape index (κ2) is 10.9. The molecule has 0 aromatic heterocycles. The standard InChI is InChI=1S/C17H20.C10H14.CH4/c1-13-5-9-15(10-6-13)17(3,4)16-11-7-14(2)8-12-16;1-3-9-5-7-10(4-2)8-6-9;/h5-12H,1-4H3;5-8H,3-4H2,1-2H3;1H4. The summed E-state index contributed by atoms with van der Waals surface area (Å²) in [6, 6.07) is 26.5. The molecule has 0 saturated heterocycles. The fourth-order valence-electron chi connectivity index (χ4n) is 3.12. The highest BCUT2D eigenvalue weighted by molar-refractivity contribution is 5.39. The molecule has 0 radical (unpaired) electrons. The highest BCUT2D eigenvalue weighted by atomic mass is 14.3. The van der Waals surface area contributed by atoms with Crippen LogP contribution < -0.4 is 0 Å². The summed E-state index contributed by atoms with van der Waals surface area (Å²) in [6.07, 6.45) is 2.29. The summed E-state index contributed by atoms with van der Waals surface area (Å²) in [5.74, 6) is 0. The molecule has 0 saturated carbocycles. The van der Waals surface area contributed by atoms with E-state index in [1.165, 1.54) is 33.4 Å². The van der Waals surface area contributed by atoms with Gasteiger partial charge in [0.05, 0.1) is 0 Å². The van der Waals surface area contributed by atoms with Crippen LogP contribution in [0.25, 0.3) is 0 Å². The van der Waals surface area contributed by atoms with Crippen LogP contribution in [-0.4, -0.2) is 0 Å². The average Bonchev–Trinajstić information content (AvgIpc) is 2.69. The van der Waals surface area contributed by atoms with Gasteiger partial charge < -0.3 is 0 Å². The maximum atomic E-state index is 2.28. The molecule has 0 bridgehead atoms.